The molecule has 0 bridgehead atoms. The van der Waals surface area contributed by atoms with E-state index in [9.17, 15) is 9.18 Å². The van der Waals surface area contributed by atoms with E-state index in [2.05, 4.69) is 21.2 Å². The second kappa shape index (κ2) is 5.92. The van der Waals surface area contributed by atoms with Crippen molar-refractivity contribution in [2.24, 2.45) is 0 Å². The van der Waals surface area contributed by atoms with Crippen molar-refractivity contribution in [3.05, 3.63) is 52.3 Å². The molecule has 0 aliphatic carbocycles. The number of hydrogen-bond donors (Lipinski definition) is 2. The van der Waals surface area contributed by atoms with Gasteiger partial charge >= 0.3 is 0 Å². The summed E-state index contributed by atoms with van der Waals surface area (Å²) in [5.74, 6) is -0.346. The van der Waals surface area contributed by atoms with Crippen molar-refractivity contribution in [3.8, 4) is 5.75 Å². The van der Waals surface area contributed by atoms with Crippen molar-refractivity contribution in [2.45, 2.75) is 0 Å². The number of amides is 1. The van der Waals surface area contributed by atoms with Crippen molar-refractivity contribution in [1.29, 1.82) is 0 Å². The van der Waals surface area contributed by atoms with Gasteiger partial charge in [0.1, 0.15) is 11.6 Å². The molecular formula is C14H12BrFN2O2. The Balaban J connectivity index is 2.25. The van der Waals surface area contributed by atoms with Crippen LogP contribution < -0.4 is 15.8 Å². The van der Waals surface area contributed by atoms with Crippen LogP contribution in [0.5, 0.6) is 5.75 Å². The number of methoxy groups -OCH3 is 1. The highest BCUT2D eigenvalue weighted by Crippen LogP contribution is 2.26. The van der Waals surface area contributed by atoms with Gasteiger partial charge in [-0.1, -0.05) is 0 Å². The molecule has 0 spiro atoms. The minimum atomic E-state index is -0.485. The smallest absolute Gasteiger partial charge is 0.256 e. The number of rotatable bonds is 3. The standard InChI is InChI=1S/C14H12BrFN2O2/c1-20-9-3-5-13(12(17)7-9)18-14(19)10-6-8(16)2-4-11(10)15/h2-7H,17H2,1H3,(H,18,19). The molecule has 0 radical (unpaired) electrons. The van der Waals surface area contributed by atoms with Gasteiger partial charge in [-0.3, -0.25) is 4.79 Å². The SMILES string of the molecule is COc1ccc(NC(=O)c2cc(F)ccc2Br)c(N)c1. The molecule has 0 fully saturated rings. The maximum absolute atomic E-state index is 13.2. The van der Waals surface area contributed by atoms with Gasteiger partial charge in [-0.2, -0.15) is 0 Å². The molecule has 0 saturated heterocycles. The lowest BCUT2D eigenvalue weighted by atomic mass is 10.2. The first kappa shape index (κ1) is 14.3. The fourth-order valence-corrected chi connectivity index (χ4v) is 2.07. The Morgan fingerprint density at radius 2 is 2.05 bits per heavy atom. The minimum Gasteiger partial charge on any atom is -0.497 e. The fraction of sp³-hybridized carbons (Fsp3) is 0.0714. The van der Waals surface area contributed by atoms with Crippen LogP contribution in [0.4, 0.5) is 15.8 Å². The Labute approximate surface area is 123 Å². The van der Waals surface area contributed by atoms with Crippen LogP contribution in [-0.4, -0.2) is 13.0 Å². The van der Waals surface area contributed by atoms with E-state index in [4.69, 9.17) is 10.5 Å². The summed E-state index contributed by atoms with van der Waals surface area (Å²) in [5.41, 5.74) is 6.81. The monoisotopic (exact) mass is 338 g/mol. The molecule has 0 saturated carbocycles. The number of nitrogens with two attached hydrogens (primary N) is 1. The Morgan fingerprint density at radius 3 is 2.70 bits per heavy atom. The van der Waals surface area contributed by atoms with Crippen LogP contribution in [0.3, 0.4) is 0 Å². The van der Waals surface area contributed by atoms with Crippen LogP contribution in [0.25, 0.3) is 0 Å². The summed E-state index contributed by atoms with van der Waals surface area (Å²) in [4.78, 5) is 12.1. The van der Waals surface area contributed by atoms with Crippen LogP contribution >= 0.6 is 15.9 Å². The number of anilines is 2. The molecule has 0 aromatic heterocycles. The van der Waals surface area contributed by atoms with E-state index in [0.717, 1.165) is 6.07 Å². The molecule has 20 heavy (non-hydrogen) atoms. The number of carbonyl (C=O) groups excluding carboxylic acids is 1. The van der Waals surface area contributed by atoms with Gasteiger partial charge in [-0.05, 0) is 46.3 Å². The van der Waals surface area contributed by atoms with Crippen molar-refractivity contribution in [3.63, 3.8) is 0 Å². The van der Waals surface area contributed by atoms with Crippen LogP contribution in [0.1, 0.15) is 10.4 Å². The van der Waals surface area contributed by atoms with Gasteiger partial charge in [0.25, 0.3) is 5.91 Å². The lowest BCUT2D eigenvalue weighted by Crippen LogP contribution is -2.14. The third-order valence-electron chi connectivity index (χ3n) is 2.68. The van der Waals surface area contributed by atoms with Gasteiger partial charge in [0.05, 0.1) is 24.0 Å². The zero-order chi connectivity index (χ0) is 14.7. The number of hydrogen-bond acceptors (Lipinski definition) is 3. The summed E-state index contributed by atoms with van der Waals surface area (Å²) in [6.45, 7) is 0. The highest BCUT2D eigenvalue weighted by Gasteiger charge is 2.13. The molecule has 0 unspecified atom stereocenters. The molecular weight excluding hydrogens is 327 g/mol. The normalized spacial score (nSPS) is 10.2. The van der Waals surface area contributed by atoms with Crippen LogP contribution in [0.2, 0.25) is 0 Å². The second-order valence-electron chi connectivity index (χ2n) is 4.03. The van der Waals surface area contributed by atoms with E-state index in [1.165, 1.54) is 19.2 Å². The summed E-state index contributed by atoms with van der Waals surface area (Å²) in [5, 5.41) is 2.63. The Kier molecular flexibility index (Phi) is 4.24. The van der Waals surface area contributed by atoms with Crippen LogP contribution in [0, 0.1) is 5.82 Å². The largest absolute Gasteiger partial charge is 0.497 e. The first-order chi connectivity index (χ1) is 9.51. The summed E-state index contributed by atoms with van der Waals surface area (Å²) in [7, 11) is 1.52. The molecule has 2 rings (SSSR count). The van der Waals surface area contributed by atoms with Gasteiger partial charge in [-0.25, -0.2) is 4.39 Å². The summed E-state index contributed by atoms with van der Waals surface area (Å²) < 4.78 is 18.7. The molecule has 4 nitrogen and oxygen atoms in total. The molecule has 0 aliphatic heterocycles. The second-order valence-corrected chi connectivity index (χ2v) is 4.89. The summed E-state index contributed by atoms with van der Waals surface area (Å²) in [6.07, 6.45) is 0. The van der Waals surface area contributed by atoms with Crippen molar-refractivity contribution in [2.75, 3.05) is 18.2 Å². The zero-order valence-electron chi connectivity index (χ0n) is 10.6. The molecule has 0 heterocycles. The Bertz CT molecular complexity index is 662. The first-order valence-electron chi connectivity index (χ1n) is 5.71. The number of benzene rings is 2. The van der Waals surface area contributed by atoms with E-state index in [-0.39, 0.29) is 5.56 Å². The van der Waals surface area contributed by atoms with Gasteiger partial charge < -0.3 is 15.8 Å². The van der Waals surface area contributed by atoms with Gasteiger partial charge in [0, 0.05) is 10.5 Å². The topological polar surface area (TPSA) is 64.3 Å². The lowest BCUT2D eigenvalue weighted by molar-refractivity contribution is 0.102. The van der Waals surface area contributed by atoms with Crippen LogP contribution in [-0.2, 0) is 0 Å². The maximum Gasteiger partial charge on any atom is 0.256 e. The molecule has 6 heteroatoms. The molecule has 2 aromatic carbocycles. The number of carbonyl (C=O) groups is 1. The average molecular weight is 339 g/mol. The number of nitrogens with one attached hydrogen (secondary N) is 1. The van der Waals surface area contributed by atoms with E-state index in [1.54, 1.807) is 18.2 Å². The molecule has 104 valence electrons. The van der Waals surface area contributed by atoms with Gasteiger partial charge in [0.15, 0.2) is 0 Å². The highest BCUT2D eigenvalue weighted by molar-refractivity contribution is 9.10. The number of nitrogen functional groups attached to an aromatic ring is 1. The quantitative estimate of drug-likeness (QED) is 0.842. The van der Waals surface area contributed by atoms with E-state index < -0.39 is 11.7 Å². The third-order valence-corrected chi connectivity index (χ3v) is 3.37. The summed E-state index contributed by atoms with van der Waals surface area (Å²) in [6, 6.07) is 8.78. The minimum absolute atomic E-state index is 0.195. The molecule has 3 N–H and O–H groups in total. The predicted molar refractivity (Wildman–Crippen MR) is 79.5 cm³/mol. The molecule has 2 aromatic rings. The van der Waals surface area contributed by atoms with E-state index in [1.807, 2.05) is 0 Å². The highest BCUT2D eigenvalue weighted by atomic mass is 79.9. The Morgan fingerprint density at radius 1 is 1.30 bits per heavy atom. The van der Waals surface area contributed by atoms with E-state index >= 15 is 0 Å². The number of halogens is 2. The summed E-state index contributed by atoms with van der Waals surface area (Å²) >= 11 is 3.21. The lowest BCUT2D eigenvalue weighted by Gasteiger charge is -2.10. The molecule has 0 atom stereocenters. The van der Waals surface area contributed by atoms with Crippen molar-refractivity contribution >= 4 is 33.2 Å². The number of ether oxygens (including phenoxy) is 1. The third kappa shape index (κ3) is 3.08. The van der Waals surface area contributed by atoms with Gasteiger partial charge in [-0.15, -0.1) is 0 Å². The first-order valence-corrected chi connectivity index (χ1v) is 6.50. The maximum atomic E-state index is 13.2. The predicted octanol–water partition coefficient (Wildman–Crippen LogP) is 3.43. The molecule has 0 aliphatic rings. The average Bonchev–Trinajstić information content (AvgIpc) is 2.43. The van der Waals surface area contributed by atoms with Crippen LogP contribution in [0.15, 0.2) is 40.9 Å². The fourth-order valence-electron chi connectivity index (χ4n) is 1.64. The van der Waals surface area contributed by atoms with E-state index in [0.29, 0.717) is 21.6 Å². The van der Waals surface area contributed by atoms with Crippen molar-refractivity contribution in [1.82, 2.24) is 0 Å². The molecule has 1 amide bonds. The zero-order valence-corrected chi connectivity index (χ0v) is 12.2. The van der Waals surface area contributed by atoms with Crippen molar-refractivity contribution < 1.29 is 13.9 Å². The van der Waals surface area contributed by atoms with Gasteiger partial charge in [0.2, 0.25) is 0 Å². The Hall–Kier alpha value is -2.08.